The van der Waals surface area contributed by atoms with Crippen LogP contribution in [0.2, 0.25) is 0 Å². The summed E-state index contributed by atoms with van der Waals surface area (Å²) < 4.78 is 0. The Kier molecular flexibility index (Phi) is 2.30. The van der Waals surface area contributed by atoms with Crippen LogP contribution in [0.25, 0.3) is 10.8 Å². The molecule has 1 N–H and O–H groups in total. The molecular formula is C11H7NOS. The number of hydrogen-bond donors (Lipinski definition) is 1. The van der Waals surface area contributed by atoms with Gasteiger partial charge in [-0.25, -0.2) is 0 Å². The Morgan fingerprint density at radius 2 is 1.93 bits per heavy atom. The number of thiocyanates is 1. The van der Waals surface area contributed by atoms with E-state index in [2.05, 4.69) is 0 Å². The molecule has 2 rings (SSSR count). The normalized spacial score (nSPS) is 9.93. The maximum Gasteiger partial charge on any atom is 0.138 e. The molecule has 0 fully saturated rings. The molecule has 3 heteroatoms. The SMILES string of the molecule is N#CSc1c(O)ccc2ccccc12. The molecule has 0 aliphatic carbocycles. The number of phenols is 1. The summed E-state index contributed by atoms with van der Waals surface area (Å²) in [6.45, 7) is 0. The highest BCUT2D eigenvalue weighted by Gasteiger charge is 2.06. The summed E-state index contributed by atoms with van der Waals surface area (Å²) in [6, 6.07) is 11.1. The van der Waals surface area contributed by atoms with Crippen LogP contribution < -0.4 is 0 Å². The molecule has 0 saturated heterocycles. The fourth-order valence-corrected chi connectivity index (χ4v) is 1.94. The van der Waals surface area contributed by atoms with Crippen LogP contribution in [0.4, 0.5) is 0 Å². The Balaban J connectivity index is 2.77. The second kappa shape index (κ2) is 3.60. The molecular weight excluding hydrogens is 194 g/mol. The molecule has 0 aliphatic rings. The fraction of sp³-hybridized carbons (Fsp3) is 0. The third-order valence-electron chi connectivity index (χ3n) is 2.01. The lowest BCUT2D eigenvalue weighted by Gasteiger charge is -2.03. The molecule has 0 atom stereocenters. The molecule has 0 saturated carbocycles. The van der Waals surface area contributed by atoms with Crippen molar-refractivity contribution in [3.8, 4) is 11.2 Å². The maximum atomic E-state index is 9.57. The average Bonchev–Trinajstić information content (AvgIpc) is 2.23. The van der Waals surface area contributed by atoms with E-state index in [0.717, 1.165) is 22.5 Å². The van der Waals surface area contributed by atoms with E-state index in [1.165, 1.54) is 0 Å². The summed E-state index contributed by atoms with van der Waals surface area (Å²) in [7, 11) is 0. The van der Waals surface area contributed by atoms with Gasteiger partial charge >= 0.3 is 0 Å². The van der Waals surface area contributed by atoms with Gasteiger partial charge in [0, 0.05) is 5.39 Å². The van der Waals surface area contributed by atoms with E-state index in [1.807, 2.05) is 35.7 Å². The summed E-state index contributed by atoms with van der Waals surface area (Å²) in [5.74, 6) is 0.162. The van der Waals surface area contributed by atoms with Crippen molar-refractivity contribution in [1.82, 2.24) is 0 Å². The first-order chi connectivity index (χ1) is 6.83. The highest BCUT2D eigenvalue weighted by molar-refractivity contribution is 8.04. The Hall–Kier alpha value is -1.66. The lowest BCUT2D eigenvalue weighted by atomic mass is 10.1. The van der Waals surface area contributed by atoms with E-state index >= 15 is 0 Å². The first-order valence-electron chi connectivity index (χ1n) is 4.09. The fourth-order valence-electron chi connectivity index (χ4n) is 1.38. The van der Waals surface area contributed by atoms with E-state index in [9.17, 15) is 5.11 Å². The minimum atomic E-state index is 0.162. The smallest absolute Gasteiger partial charge is 0.138 e. The van der Waals surface area contributed by atoms with Gasteiger partial charge in [-0.2, -0.15) is 5.26 Å². The maximum absolute atomic E-state index is 9.57. The molecule has 2 aromatic rings. The lowest BCUT2D eigenvalue weighted by molar-refractivity contribution is 0.464. The van der Waals surface area contributed by atoms with Crippen LogP contribution >= 0.6 is 11.8 Å². The number of fused-ring (bicyclic) bond motifs is 1. The number of nitriles is 1. The van der Waals surface area contributed by atoms with Gasteiger partial charge in [-0.15, -0.1) is 0 Å². The molecule has 14 heavy (non-hydrogen) atoms. The van der Waals surface area contributed by atoms with Crippen LogP contribution in [0.15, 0.2) is 41.3 Å². The minimum Gasteiger partial charge on any atom is -0.507 e. The number of nitrogens with zero attached hydrogens (tertiary/aromatic N) is 1. The molecule has 0 aliphatic heterocycles. The van der Waals surface area contributed by atoms with Gasteiger partial charge in [0.2, 0.25) is 0 Å². The summed E-state index contributed by atoms with van der Waals surface area (Å²) >= 11 is 0.987. The van der Waals surface area contributed by atoms with E-state index in [1.54, 1.807) is 6.07 Å². The Labute approximate surface area is 85.8 Å². The van der Waals surface area contributed by atoms with E-state index in [-0.39, 0.29) is 5.75 Å². The molecule has 0 spiro atoms. The second-order valence-electron chi connectivity index (χ2n) is 2.83. The van der Waals surface area contributed by atoms with Crippen molar-refractivity contribution in [2.24, 2.45) is 0 Å². The third kappa shape index (κ3) is 1.40. The molecule has 0 heterocycles. The Morgan fingerprint density at radius 3 is 2.71 bits per heavy atom. The first-order valence-corrected chi connectivity index (χ1v) is 4.91. The van der Waals surface area contributed by atoms with E-state index in [0.29, 0.717) is 4.90 Å². The van der Waals surface area contributed by atoms with Gasteiger partial charge in [0.15, 0.2) is 0 Å². The predicted octanol–water partition coefficient (Wildman–Crippen LogP) is 3.12. The molecule has 0 unspecified atom stereocenters. The first kappa shape index (κ1) is 8.92. The van der Waals surface area contributed by atoms with Gasteiger partial charge in [0.25, 0.3) is 0 Å². The number of rotatable bonds is 1. The summed E-state index contributed by atoms with van der Waals surface area (Å²) in [6.07, 6.45) is 0. The lowest BCUT2D eigenvalue weighted by Crippen LogP contribution is -1.77. The highest BCUT2D eigenvalue weighted by atomic mass is 32.2. The van der Waals surface area contributed by atoms with Crippen molar-refractivity contribution in [3.63, 3.8) is 0 Å². The van der Waals surface area contributed by atoms with Gasteiger partial charge in [0.05, 0.1) is 4.90 Å². The van der Waals surface area contributed by atoms with Crippen LogP contribution in [-0.4, -0.2) is 5.11 Å². The van der Waals surface area contributed by atoms with E-state index in [4.69, 9.17) is 5.26 Å². The zero-order chi connectivity index (χ0) is 9.97. The van der Waals surface area contributed by atoms with Crippen molar-refractivity contribution in [2.75, 3.05) is 0 Å². The number of aromatic hydroxyl groups is 1. The number of hydrogen-bond acceptors (Lipinski definition) is 3. The van der Waals surface area contributed by atoms with Gasteiger partial charge < -0.3 is 5.11 Å². The third-order valence-corrected chi connectivity index (χ3v) is 2.73. The van der Waals surface area contributed by atoms with Gasteiger partial charge in [-0.05, 0) is 23.2 Å². The van der Waals surface area contributed by atoms with Gasteiger partial charge in [0.1, 0.15) is 11.2 Å². The van der Waals surface area contributed by atoms with Crippen molar-refractivity contribution in [2.45, 2.75) is 4.90 Å². The molecule has 0 aromatic heterocycles. The van der Waals surface area contributed by atoms with Crippen molar-refractivity contribution in [1.29, 1.82) is 5.26 Å². The minimum absolute atomic E-state index is 0.162. The van der Waals surface area contributed by atoms with E-state index < -0.39 is 0 Å². The molecule has 0 bridgehead atoms. The largest absolute Gasteiger partial charge is 0.507 e. The topological polar surface area (TPSA) is 44.0 Å². The zero-order valence-corrected chi connectivity index (χ0v) is 8.08. The molecule has 68 valence electrons. The number of thioether (sulfide) groups is 1. The number of benzene rings is 2. The molecule has 2 aromatic carbocycles. The summed E-state index contributed by atoms with van der Waals surface area (Å²) in [4.78, 5) is 0.630. The van der Waals surface area contributed by atoms with Crippen LogP contribution in [0, 0.1) is 10.7 Å². The predicted molar refractivity (Wildman–Crippen MR) is 57.1 cm³/mol. The molecule has 2 nitrogen and oxygen atoms in total. The van der Waals surface area contributed by atoms with Crippen LogP contribution in [0.1, 0.15) is 0 Å². The van der Waals surface area contributed by atoms with Gasteiger partial charge in [-0.1, -0.05) is 30.3 Å². The van der Waals surface area contributed by atoms with Gasteiger partial charge in [-0.3, -0.25) is 0 Å². The zero-order valence-electron chi connectivity index (χ0n) is 7.27. The average molecular weight is 201 g/mol. The monoisotopic (exact) mass is 201 g/mol. The molecule has 0 amide bonds. The van der Waals surface area contributed by atoms with Crippen LogP contribution in [-0.2, 0) is 0 Å². The quantitative estimate of drug-likeness (QED) is 0.569. The summed E-state index contributed by atoms with van der Waals surface area (Å²) in [5, 5.41) is 22.1. The highest BCUT2D eigenvalue weighted by Crippen LogP contribution is 2.34. The van der Waals surface area contributed by atoms with Crippen LogP contribution in [0.5, 0.6) is 5.75 Å². The molecule has 0 radical (unpaired) electrons. The van der Waals surface area contributed by atoms with Crippen LogP contribution in [0.3, 0.4) is 0 Å². The van der Waals surface area contributed by atoms with Crippen molar-refractivity contribution in [3.05, 3.63) is 36.4 Å². The van der Waals surface area contributed by atoms with Crippen molar-refractivity contribution < 1.29 is 5.11 Å². The Morgan fingerprint density at radius 1 is 1.14 bits per heavy atom. The number of phenolic OH excluding ortho intramolecular Hbond substituents is 1. The summed E-state index contributed by atoms with van der Waals surface area (Å²) in [5.41, 5.74) is 0. The standard InChI is InChI=1S/C11H7NOS/c12-7-14-11-9-4-2-1-3-8(9)5-6-10(11)13/h1-6,13H. The van der Waals surface area contributed by atoms with Crippen molar-refractivity contribution >= 4 is 22.5 Å². The Bertz CT molecular complexity index is 516. The second-order valence-corrected chi connectivity index (χ2v) is 3.62.